The summed E-state index contributed by atoms with van der Waals surface area (Å²) in [5.74, 6) is -0.0934. The Morgan fingerprint density at radius 1 is 1.19 bits per heavy atom. The molecular weight excluding hydrogens is 492 g/mol. The Labute approximate surface area is 217 Å². The highest BCUT2D eigenvalue weighted by Gasteiger charge is 2.22. The van der Waals surface area contributed by atoms with E-state index >= 15 is 0 Å². The molecule has 0 aliphatic carbocycles. The van der Waals surface area contributed by atoms with E-state index < -0.39 is 12.0 Å². The number of benzene rings is 2. The van der Waals surface area contributed by atoms with Crippen LogP contribution in [0.15, 0.2) is 57.9 Å². The number of pyridine rings is 1. The summed E-state index contributed by atoms with van der Waals surface area (Å²) in [7, 11) is 0. The Morgan fingerprint density at radius 2 is 1.97 bits per heavy atom. The van der Waals surface area contributed by atoms with Gasteiger partial charge in [-0.15, -0.1) is 0 Å². The van der Waals surface area contributed by atoms with Crippen molar-refractivity contribution in [3.8, 4) is 17.1 Å². The van der Waals surface area contributed by atoms with Gasteiger partial charge < -0.3 is 14.9 Å². The molecule has 2 N–H and O–H groups in total. The minimum Gasteiger partial charge on any atom is -0.483 e. The van der Waals surface area contributed by atoms with Crippen molar-refractivity contribution in [1.29, 1.82) is 0 Å². The number of primary amides is 1. The molecule has 8 nitrogen and oxygen atoms in total. The first-order chi connectivity index (χ1) is 17.7. The quantitative estimate of drug-likeness (QED) is 0.288. The first-order valence-electron chi connectivity index (χ1n) is 11.8. The van der Waals surface area contributed by atoms with E-state index in [2.05, 4.69) is 10.1 Å². The molecule has 5 aromatic rings. The van der Waals surface area contributed by atoms with Crippen LogP contribution in [0.5, 0.6) is 5.75 Å². The van der Waals surface area contributed by atoms with Gasteiger partial charge in [-0.05, 0) is 75.7 Å². The van der Waals surface area contributed by atoms with E-state index in [0.29, 0.717) is 27.9 Å². The molecule has 0 bridgehead atoms. The minimum absolute atomic E-state index is 0.0739. The van der Waals surface area contributed by atoms with Gasteiger partial charge >= 0.3 is 0 Å². The van der Waals surface area contributed by atoms with E-state index in [-0.39, 0.29) is 22.0 Å². The highest BCUT2D eigenvalue weighted by Crippen LogP contribution is 2.34. The van der Waals surface area contributed by atoms with Crippen molar-refractivity contribution in [3.63, 3.8) is 0 Å². The molecule has 3 aromatic heterocycles. The van der Waals surface area contributed by atoms with Crippen LogP contribution in [0.4, 0.5) is 0 Å². The molecule has 2 aromatic carbocycles. The number of amides is 1. The number of fused-ring (bicyclic) bond motifs is 2. The van der Waals surface area contributed by atoms with Gasteiger partial charge in [0.1, 0.15) is 22.6 Å². The largest absolute Gasteiger partial charge is 0.483 e. The molecule has 9 heteroatoms. The van der Waals surface area contributed by atoms with Gasteiger partial charge in [0.05, 0.1) is 10.9 Å². The molecule has 0 aliphatic heterocycles. The van der Waals surface area contributed by atoms with Crippen molar-refractivity contribution in [3.05, 3.63) is 86.4 Å². The van der Waals surface area contributed by atoms with Crippen LogP contribution in [-0.4, -0.2) is 20.7 Å². The zero-order chi connectivity index (χ0) is 26.4. The number of carbonyl (C=O) groups excluding carboxylic acids is 1. The molecule has 0 radical (unpaired) electrons. The molecule has 1 atom stereocenters. The van der Waals surface area contributed by atoms with Crippen LogP contribution in [-0.2, 0) is 6.54 Å². The van der Waals surface area contributed by atoms with Crippen LogP contribution in [0.2, 0.25) is 5.15 Å². The first-order valence-corrected chi connectivity index (χ1v) is 12.2. The van der Waals surface area contributed by atoms with Gasteiger partial charge in [-0.1, -0.05) is 11.6 Å². The van der Waals surface area contributed by atoms with Crippen molar-refractivity contribution in [2.45, 2.75) is 40.3 Å². The lowest BCUT2D eigenvalue weighted by Crippen LogP contribution is -2.17. The Kier molecular flexibility index (Phi) is 6.21. The smallest absolute Gasteiger partial charge is 0.271 e. The second-order valence-corrected chi connectivity index (χ2v) is 9.37. The minimum atomic E-state index is -0.759. The maximum atomic E-state index is 13.5. The number of aromatic nitrogens is 3. The number of hydrogen-bond acceptors (Lipinski definition) is 6. The summed E-state index contributed by atoms with van der Waals surface area (Å²) in [6, 6.07) is 12.6. The second-order valence-electron chi connectivity index (χ2n) is 8.98. The standard InChI is InChI=1S/C28H25ClN4O4/c1-5-33-13-18-12-17(6-7-21(18)32-33)26-15(3)25(34)20-11-14(2)10-19(27(20)37-26)16(4)36-22-8-9-23(29)31-24(22)28(30)35/h6-13,16H,5H2,1-4H3,(H2,30,35)/t16-/m1/s1. The van der Waals surface area contributed by atoms with Crippen molar-refractivity contribution < 1.29 is 13.9 Å². The summed E-state index contributed by atoms with van der Waals surface area (Å²) in [4.78, 5) is 29.4. The predicted molar refractivity (Wildman–Crippen MR) is 143 cm³/mol. The molecule has 188 valence electrons. The zero-order valence-electron chi connectivity index (χ0n) is 20.8. The molecule has 0 spiro atoms. The van der Waals surface area contributed by atoms with E-state index in [0.717, 1.165) is 28.6 Å². The van der Waals surface area contributed by atoms with Crippen molar-refractivity contribution in [1.82, 2.24) is 14.8 Å². The van der Waals surface area contributed by atoms with Crippen LogP contribution < -0.4 is 15.9 Å². The molecule has 37 heavy (non-hydrogen) atoms. The topological polar surface area (TPSA) is 113 Å². The Hall–Kier alpha value is -4.17. The average Bonchev–Trinajstić information content (AvgIpc) is 3.29. The molecule has 0 fully saturated rings. The zero-order valence-corrected chi connectivity index (χ0v) is 21.6. The van der Waals surface area contributed by atoms with Crippen LogP contribution in [0.1, 0.15) is 47.1 Å². The van der Waals surface area contributed by atoms with Gasteiger partial charge in [-0.2, -0.15) is 5.10 Å². The van der Waals surface area contributed by atoms with Gasteiger partial charge in [0.2, 0.25) is 0 Å². The molecular formula is C28H25ClN4O4. The van der Waals surface area contributed by atoms with E-state index in [1.807, 2.05) is 49.0 Å². The fourth-order valence-corrected chi connectivity index (χ4v) is 4.62. The fourth-order valence-electron chi connectivity index (χ4n) is 4.47. The second kappa shape index (κ2) is 9.37. The molecule has 0 saturated carbocycles. The van der Waals surface area contributed by atoms with E-state index in [1.54, 1.807) is 26.0 Å². The summed E-state index contributed by atoms with van der Waals surface area (Å²) in [6.07, 6.45) is 1.36. The maximum Gasteiger partial charge on any atom is 0.271 e. The Morgan fingerprint density at radius 3 is 2.70 bits per heavy atom. The molecule has 1 amide bonds. The number of carbonyl (C=O) groups is 1. The third-order valence-electron chi connectivity index (χ3n) is 6.33. The SMILES string of the molecule is CCn1cc2cc(-c3oc4c([C@@H](C)Oc5ccc(Cl)nc5C(N)=O)cc(C)cc4c(=O)c3C)ccc2n1. The van der Waals surface area contributed by atoms with Crippen molar-refractivity contribution in [2.75, 3.05) is 0 Å². The van der Waals surface area contributed by atoms with E-state index in [1.165, 1.54) is 6.07 Å². The molecule has 0 unspecified atom stereocenters. The summed E-state index contributed by atoms with van der Waals surface area (Å²) < 4.78 is 14.4. The van der Waals surface area contributed by atoms with E-state index in [9.17, 15) is 9.59 Å². The number of nitrogens with two attached hydrogens (primary N) is 1. The van der Waals surface area contributed by atoms with Gasteiger partial charge in [-0.25, -0.2) is 4.98 Å². The molecule has 3 heterocycles. The first kappa shape index (κ1) is 24.5. The number of ether oxygens (including phenoxy) is 1. The number of aryl methyl sites for hydroxylation is 2. The fraction of sp³-hybridized carbons (Fsp3) is 0.214. The predicted octanol–water partition coefficient (Wildman–Crippen LogP) is 5.73. The number of halogens is 1. The lowest BCUT2D eigenvalue weighted by molar-refractivity contribution is 0.0988. The number of hydrogen-bond donors (Lipinski definition) is 1. The molecule has 5 rings (SSSR count). The number of nitrogens with zero attached hydrogens (tertiary/aromatic N) is 3. The van der Waals surface area contributed by atoms with Gasteiger partial charge in [0, 0.05) is 34.8 Å². The summed E-state index contributed by atoms with van der Waals surface area (Å²) in [5, 5.41) is 6.07. The van der Waals surface area contributed by atoms with Crippen molar-refractivity contribution >= 4 is 39.4 Å². The molecule has 0 saturated heterocycles. The van der Waals surface area contributed by atoms with Gasteiger partial charge in [0.25, 0.3) is 5.91 Å². The number of rotatable bonds is 6. The van der Waals surface area contributed by atoms with Crippen LogP contribution in [0.25, 0.3) is 33.2 Å². The monoisotopic (exact) mass is 516 g/mol. The van der Waals surface area contributed by atoms with Crippen LogP contribution in [0.3, 0.4) is 0 Å². The summed E-state index contributed by atoms with van der Waals surface area (Å²) in [5.41, 5.74) is 9.37. The van der Waals surface area contributed by atoms with Gasteiger partial charge in [-0.3, -0.25) is 14.3 Å². The lowest BCUT2D eigenvalue weighted by Gasteiger charge is -2.19. The summed E-state index contributed by atoms with van der Waals surface area (Å²) >= 11 is 5.94. The summed E-state index contributed by atoms with van der Waals surface area (Å²) in [6.45, 7) is 8.25. The van der Waals surface area contributed by atoms with Crippen LogP contribution >= 0.6 is 11.6 Å². The highest BCUT2D eigenvalue weighted by molar-refractivity contribution is 6.29. The average molecular weight is 517 g/mol. The Balaban J connectivity index is 1.66. The van der Waals surface area contributed by atoms with Crippen LogP contribution in [0, 0.1) is 13.8 Å². The third kappa shape index (κ3) is 4.44. The highest BCUT2D eigenvalue weighted by atomic mass is 35.5. The van der Waals surface area contributed by atoms with E-state index in [4.69, 9.17) is 26.5 Å². The normalized spacial score (nSPS) is 12.2. The van der Waals surface area contributed by atoms with Crippen molar-refractivity contribution in [2.24, 2.45) is 5.73 Å². The molecule has 0 aliphatic rings. The Bertz CT molecular complexity index is 1760. The maximum absolute atomic E-state index is 13.5. The van der Waals surface area contributed by atoms with Gasteiger partial charge in [0.15, 0.2) is 16.9 Å². The lowest BCUT2D eigenvalue weighted by atomic mass is 9.99. The third-order valence-corrected chi connectivity index (χ3v) is 6.54.